The molecule has 0 saturated heterocycles. The van der Waals surface area contributed by atoms with Crippen molar-refractivity contribution < 1.29 is 14.1 Å². The van der Waals surface area contributed by atoms with Crippen LogP contribution in [0.15, 0.2) is 53.1 Å². The number of nitrogens with one attached hydrogen (secondary N) is 2. The first-order valence-corrected chi connectivity index (χ1v) is 8.75. The van der Waals surface area contributed by atoms with Crippen molar-refractivity contribution in [3.8, 4) is 28.6 Å². The van der Waals surface area contributed by atoms with E-state index < -0.39 is 0 Å². The molecule has 3 aromatic rings. The van der Waals surface area contributed by atoms with E-state index in [1.807, 2.05) is 56.3 Å². The van der Waals surface area contributed by atoms with E-state index in [1.54, 1.807) is 13.2 Å². The molecular weight excluding hydrogens is 344 g/mol. The van der Waals surface area contributed by atoms with Crippen molar-refractivity contribution in [1.29, 1.82) is 0 Å². The molecule has 1 atom stereocenters. The van der Waals surface area contributed by atoms with Crippen LogP contribution in [0.2, 0.25) is 0 Å². The van der Waals surface area contributed by atoms with Crippen LogP contribution >= 0.6 is 0 Å². The summed E-state index contributed by atoms with van der Waals surface area (Å²) in [4.78, 5) is 16.4. The van der Waals surface area contributed by atoms with Crippen molar-refractivity contribution in [3.05, 3.63) is 48.5 Å². The summed E-state index contributed by atoms with van der Waals surface area (Å²) >= 11 is 0. The molecule has 0 spiro atoms. The predicted octanol–water partition coefficient (Wildman–Crippen LogP) is 4.33. The second-order valence-electron chi connectivity index (χ2n) is 6.14. The van der Waals surface area contributed by atoms with Gasteiger partial charge in [-0.15, -0.1) is 0 Å². The minimum atomic E-state index is -0.244. The van der Waals surface area contributed by atoms with E-state index in [-0.39, 0.29) is 12.1 Å². The molecule has 2 aromatic carbocycles. The molecule has 0 saturated carbocycles. The Bertz CT molecular complexity index is 923. The summed E-state index contributed by atoms with van der Waals surface area (Å²) in [5, 5.41) is 9.73. The minimum absolute atomic E-state index is 0.107. The minimum Gasteiger partial charge on any atom is -0.497 e. The average molecular weight is 366 g/mol. The summed E-state index contributed by atoms with van der Waals surface area (Å²) in [5.41, 5.74) is 2.17. The zero-order valence-corrected chi connectivity index (χ0v) is 15.5. The maximum Gasteiger partial charge on any atom is 0.319 e. The second kappa shape index (κ2) is 8.35. The van der Waals surface area contributed by atoms with Crippen molar-refractivity contribution in [2.45, 2.75) is 26.3 Å². The van der Waals surface area contributed by atoms with Gasteiger partial charge in [0.25, 0.3) is 5.89 Å². The first-order chi connectivity index (χ1) is 13.1. The quantitative estimate of drug-likeness (QED) is 0.678. The molecule has 7 heteroatoms. The molecule has 0 aliphatic carbocycles. The van der Waals surface area contributed by atoms with Crippen molar-refractivity contribution in [2.24, 2.45) is 0 Å². The zero-order chi connectivity index (χ0) is 19.2. The number of hydrogen-bond donors (Lipinski definition) is 2. The first kappa shape index (κ1) is 18.4. The fourth-order valence-electron chi connectivity index (χ4n) is 2.44. The lowest BCUT2D eigenvalue weighted by molar-refractivity contribution is 0.249. The Labute approximate surface area is 157 Å². The normalized spacial score (nSPS) is 11.7. The highest BCUT2D eigenvalue weighted by Crippen LogP contribution is 2.26. The van der Waals surface area contributed by atoms with E-state index in [4.69, 9.17) is 9.26 Å². The Morgan fingerprint density at radius 1 is 1.19 bits per heavy atom. The van der Waals surface area contributed by atoms with Crippen molar-refractivity contribution in [2.75, 3.05) is 12.4 Å². The zero-order valence-electron chi connectivity index (χ0n) is 15.5. The lowest BCUT2D eigenvalue weighted by Gasteiger charge is -2.12. The standard InChI is InChI=1S/C20H22N4O3/c1-4-13(2)21-20(25)22-16-9-5-7-14(11-16)18-23-19(27-24-18)15-8-6-10-17(12-15)26-3/h5-13H,4H2,1-3H3,(H2,21,22,25)/t13-/m1/s1. The monoisotopic (exact) mass is 366 g/mol. The van der Waals surface area contributed by atoms with Crippen LogP contribution in [-0.2, 0) is 0 Å². The van der Waals surface area contributed by atoms with Gasteiger partial charge in [0.1, 0.15) is 5.75 Å². The number of benzene rings is 2. The van der Waals surface area contributed by atoms with Gasteiger partial charge in [-0.2, -0.15) is 4.98 Å². The fourth-order valence-corrected chi connectivity index (χ4v) is 2.44. The maximum absolute atomic E-state index is 12.0. The van der Waals surface area contributed by atoms with Gasteiger partial charge in [-0.1, -0.05) is 30.3 Å². The van der Waals surface area contributed by atoms with Crippen LogP contribution in [0.5, 0.6) is 5.75 Å². The lowest BCUT2D eigenvalue weighted by Crippen LogP contribution is -2.35. The Morgan fingerprint density at radius 2 is 1.96 bits per heavy atom. The van der Waals surface area contributed by atoms with E-state index in [2.05, 4.69) is 20.8 Å². The van der Waals surface area contributed by atoms with Gasteiger partial charge in [0.05, 0.1) is 7.11 Å². The SMILES string of the molecule is CC[C@@H](C)NC(=O)Nc1cccc(-c2noc(-c3cccc(OC)c3)n2)c1. The molecule has 7 nitrogen and oxygen atoms in total. The molecule has 0 aliphatic rings. The molecule has 2 amide bonds. The maximum atomic E-state index is 12.0. The molecule has 0 unspecified atom stereocenters. The fraction of sp³-hybridized carbons (Fsp3) is 0.250. The number of carbonyl (C=O) groups is 1. The summed E-state index contributed by atoms with van der Waals surface area (Å²) in [5.74, 6) is 1.56. The third-order valence-corrected chi connectivity index (χ3v) is 4.11. The van der Waals surface area contributed by atoms with E-state index in [1.165, 1.54) is 0 Å². The van der Waals surface area contributed by atoms with Crippen LogP contribution in [-0.4, -0.2) is 29.3 Å². The Hall–Kier alpha value is -3.35. The molecule has 0 bridgehead atoms. The molecule has 0 fully saturated rings. The molecule has 140 valence electrons. The number of nitrogens with zero attached hydrogens (tertiary/aromatic N) is 2. The number of aromatic nitrogens is 2. The lowest BCUT2D eigenvalue weighted by atomic mass is 10.2. The first-order valence-electron chi connectivity index (χ1n) is 8.75. The smallest absolute Gasteiger partial charge is 0.319 e. The van der Waals surface area contributed by atoms with Crippen molar-refractivity contribution in [1.82, 2.24) is 15.5 Å². The number of carbonyl (C=O) groups excluding carboxylic acids is 1. The molecule has 0 aliphatic heterocycles. The number of hydrogen-bond acceptors (Lipinski definition) is 5. The van der Waals surface area contributed by atoms with E-state index in [9.17, 15) is 4.79 Å². The van der Waals surface area contributed by atoms with Gasteiger partial charge in [0, 0.05) is 22.9 Å². The van der Waals surface area contributed by atoms with Crippen LogP contribution in [0.3, 0.4) is 0 Å². The number of amides is 2. The van der Waals surface area contributed by atoms with Crippen LogP contribution in [0.25, 0.3) is 22.8 Å². The molecular formula is C20H22N4O3. The van der Waals surface area contributed by atoms with Gasteiger partial charge in [0.2, 0.25) is 5.82 Å². The molecule has 0 radical (unpaired) electrons. The summed E-state index contributed by atoms with van der Waals surface area (Å²) in [7, 11) is 1.61. The van der Waals surface area contributed by atoms with Gasteiger partial charge >= 0.3 is 6.03 Å². The third-order valence-electron chi connectivity index (χ3n) is 4.11. The van der Waals surface area contributed by atoms with Crippen molar-refractivity contribution >= 4 is 11.7 Å². The number of ether oxygens (including phenoxy) is 1. The topological polar surface area (TPSA) is 89.3 Å². The number of anilines is 1. The van der Waals surface area contributed by atoms with E-state index in [0.717, 1.165) is 17.5 Å². The molecule has 27 heavy (non-hydrogen) atoms. The largest absolute Gasteiger partial charge is 0.497 e. The third kappa shape index (κ3) is 4.63. The van der Waals surface area contributed by atoms with Gasteiger partial charge in [-0.3, -0.25) is 0 Å². The summed E-state index contributed by atoms with van der Waals surface area (Å²) in [6, 6.07) is 14.6. The number of urea groups is 1. The average Bonchev–Trinajstić information content (AvgIpc) is 3.18. The summed E-state index contributed by atoms with van der Waals surface area (Å²) < 4.78 is 10.6. The highest BCUT2D eigenvalue weighted by Gasteiger charge is 2.12. The van der Waals surface area contributed by atoms with Crippen LogP contribution in [0.1, 0.15) is 20.3 Å². The van der Waals surface area contributed by atoms with Gasteiger partial charge < -0.3 is 19.9 Å². The Morgan fingerprint density at radius 3 is 2.74 bits per heavy atom. The Kier molecular flexibility index (Phi) is 5.71. The summed E-state index contributed by atoms with van der Waals surface area (Å²) in [6.07, 6.45) is 0.864. The van der Waals surface area contributed by atoms with Crippen LogP contribution in [0, 0.1) is 0 Å². The van der Waals surface area contributed by atoms with E-state index >= 15 is 0 Å². The second-order valence-corrected chi connectivity index (χ2v) is 6.14. The van der Waals surface area contributed by atoms with E-state index in [0.29, 0.717) is 23.2 Å². The summed E-state index contributed by atoms with van der Waals surface area (Å²) in [6.45, 7) is 3.97. The van der Waals surface area contributed by atoms with Crippen molar-refractivity contribution in [3.63, 3.8) is 0 Å². The molecule has 1 aromatic heterocycles. The number of methoxy groups -OCH3 is 1. The van der Waals surface area contributed by atoms with Crippen LogP contribution in [0.4, 0.5) is 10.5 Å². The number of rotatable bonds is 6. The predicted molar refractivity (Wildman–Crippen MR) is 104 cm³/mol. The highest BCUT2D eigenvalue weighted by molar-refractivity contribution is 5.90. The van der Waals surface area contributed by atoms with Gasteiger partial charge in [0.15, 0.2) is 0 Å². The Balaban J connectivity index is 1.77. The van der Waals surface area contributed by atoms with Gasteiger partial charge in [-0.05, 0) is 43.7 Å². The van der Waals surface area contributed by atoms with Gasteiger partial charge in [-0.25, -0.2) is 4.79 Å². The molecule has 3 rings (SSSR count). The molecule has 2 N–H and O–H groups in total. The highest BCUT2D eigenvalue weighted by atomic mass is 16.5. The molecule has 1 heterocycles. The van der Waals surface area contributed by atoms with Crippen LogP contribution < -0.4 is 15.4 Å².